The van der Waals surface area contributed by atoms with Crippen molar-refractivity contribution in [1.29, 1.82) is 0 Å². The molecule has 0 spiro atoms. The second kappa shape index (κ2) is 7.86. The molecule has 1 N–H and O–H groups in total. The molecule has 0 radical (unpaired) electrons. The lowest BCUT2D eigenvalue weighted by atomic mass is 9.79. The molecule has 3 aromatic rings. The standard InChI is InChI=1S/C25H24Cl2N2O2/c1-4-24(3)25(31,18-7-5-6-17(2)16-18)29(22-14-10-20(27)11-15-22)23(30)28(24)21-12-8-19(26)9-13-21/h5-16,31H,4H2,1-3H3/t24-,25?/m0/s1. The Hall–Kier alpha value is -2.53. The van der Waals surface area contributed by atoms with Crippen molar-refractivity contribution in [2.45, 2.75) is 38.5 Å². The van der Waals surface area contributed by atoms with Gasteiger partial charge in [-0.3, -0.25) is 9.80 Å². The highest BCUT2D eigenvalue weighted by atomic mass is 35.5. The molecule has 0 saturated carbocycles. The van der Waals surface area contributed by atoms with Crippen LogP contribution in [0.15, 0.2) is 72.8 Å². The van der Waals surface area contributed by atoms with E-state index in [-0.39, 0.29) is 6.03 Å². The maximum atomic E-state index is 14.0. The number of urea groups is 1. The van der Waals surface area contributed by atoms with Gasteiger partial charge in [0.1, 0.15) is 0 Å². The number of rotatable bonds is 4. The third-order valence-corrected chi connectivity index (χ3v) is 6.73. The summed E-state index contributed by atoms with van der Waals surface area (Å²) in [7, 11) is 0. The van der Waals surface area contributed by atoms with Crippen molar-refractivity contribution in [1.82, 2.24) is 0 Å². The monoisotopic (exact) mass is 454 g/mol. The molecular weight excluding hydrogens is 431 g/mol. The number of aryl methyl sites for hydroxylation is 1. The van der Waals surface area contributed by atoms with Gasteiger partial charge in [0.15, 0.2) is 5.72 Å². The minimum atomic E-state index is -1.63. The Kier molecular flexibility index (Phi) is 5.50. The summed E-state index contributed by atoms with van der Waals surface area (Å²) in [4.78, 5) is 17.1. The molecule has 1 unspecified atom stereocenters. The third kappa shape index (κ3) is 3.30. The van der Waals surface area contributed by atoms with Gasteiger partial charge in [-0.15, -0.1) is 0 Å². The number of carbonyl (C=O) groups excluding carboxylic acids is 1. The van der Waals surface area contributed by atoms with Crippen molar-refractivity contribution < 1.29 is 9.90 Å². The fraction of sp³-hybridized carbons (Fsp3) is 0.240. The van der Waals surface area contributed by atoms with Gasteiger partial charge in [-0.25, -0.2) is 4.79 Å². The molecule has 4 rings (SSSR count). The van der Waals surface area contributed by atoms with Gasteiger partial charge in [-0.2, -0.15) is 0 Å². The van der Waals surface area contributed by atoms with Gasteiger partial charge in [0.25, 0.3) is 0 Å². The molecule has 1 fully saturated rings. The van der Waals surface area contributed by atoms with Crippen LogP contribution in [-0.4, -0.2) is 16.7 Å². The molecule has 3 aromatic carbocycles. The Morgan fingerprint density at radius 2 is 1.39 bits per heavy atom. The van der Waals surface area contributed by atoms with Crippen molar-refractivity contribution >= 4 is 40.6 Å². The van der Waals surface area contributed by atoms with Gasteiger partial charge >= 0.3 is 6.03 Å². The molecule has 4 nitrogen and oxygen atoms in total. The molecule has 0 bridgehead atoms. The molecule has 2 atom stereocenters. The summed E-state index contributed by atoms with van der Waals surface area (Å²) in [6.45, 7) is 5.86. The minimum Gasteiger partial charge on any atom is -0.364 e. The smallest absolute Gasteiger partial charge is 0.332 e. The van der Waals surface area contributed by atoms with E-state index in [0.29, 0.717) is 33.4 Å². The van der Waals surface area contributed by atoms with Gasteiger partial charge in [0.2, 0.25) is 0 Å². The number of halogens is 2. The quantitative estimate of drug-likeness (QED) is 0.472. The number of nitrogens with zero attached hydrogens (tertiary/aromatic N) is 2. The van der Waals surface area contributed by atoms with Gasteiger partial charge in [0, 0.05) is 27.0 Å². The van der Waals surface area contributed by atoms with E-state index in [1.165, 1.54) is 4.90 Å². The van der Waals surface area contributed by atoms with E-state index in [1.807, 2.05) is 45.0 Å². The Bertz CT molecular complexity index is 1120. The van der Waals surface area contributed by atoms with Crippen LogP contribution in [0, 0.1) is 6.92 Å². The van der Waals surface area contributed by atoms with Crippen molar-refractivity contribution in [2.24, 2.45) is 0 Å². The Morgan fingerprint density at radius 1 is 0.871 bits per heavy atom. The highest BCUT2D eigenvalue weighted by Crippen LogP contribution is 2.52. The number of anilines is 2. The molecule has 1 aliphatic heterocycles. The first-order valence-electron chi connectivity index (χ1n) is 10.2. The summed E-state index contributed by atoms with van der Waals surface area (Å²) in [5.41, 5.74) is 0.286. The fourth-order valence-corrected chi connectivity index (χ4v) is 4.68. The van der Waals surface area contributed by atoms with Gasteiger partial charge < -0.3 is 5.11 Å². The molecule has 0 aromatic heterocycles. The van der Waals surface area contributed by atoms with E-state index >= 15 is 0 Å². The minimum absolute atomic E-state index is 0.321. The topological polar surface area (TPSA) is 43.8 Å². The van der Waals surface area contributed by atoms with E-state index in [0.717, 1.165) is 5.56 Å². The molecular formula is C25H24Cl2N2O2. The first kappa shape index (κ1) is 21.7. The zero-order chi connectivity index (χ0) is 22.4. The van der Waals surface area contributed by atoms with Crippen LogP contribution in [0.5, 0.6) is 0 Å². The zero-order valence-electron chi connectivity index (χ0n) is 17.6. The van der Waals surface area contributed by atoms with Crippen LogP contribution in [0.25, 0.3) is 0 Å². The average Bonchev–Trinajstić information content (AvgIpc) is 2.93. The summed E-state index contributed by atoms with van der Waals surface area (Å²) in [6.07, 6.45) is 0.510. The SMILES string of the molecule is CC[C@]1(C)N(c2ccc(Cl)cc2)C(=O)N(c2ccc(Cl)cc2)C1(O)c1cccc(C)c1. The molecule has 6 heteroatoms. The summed E-state index contributed by atoms with van der Waals surface area (Å²) < 4.78 is 0. The van der Waals surface area contributed by atoms with Crippen LogP contribution in [0.1, 0.15) is 31.4 Å². The van der Waals surface area contributed by atoms with E-state index in [2.05, 4.69) is 0 Å². The van der Waals surface area contributed by atoms with Crippen molar-refractivity contribution in [2.75, 3.05) is 9.80 Å². The molecule has 1 heterocycles. The van der Waals surface area contributed by atoms with Crippen LogP contribution in [0.2, 0.25) is 10.0 Å². The first-order valence-corrected chi connectivity index (χ1v) is 10.9. The second-order valence-corrected chi connectivity index (χ2v) is 8.95. The number of carbonyl (C=O) groups is 1. The predicted molar refractivity (Wildman–Crippen MR) is 127 cm³/mol. The Balaban J connectivity index is 2.00. The average molecular weight is 455 g/mol. The van der Waals surface area contributed by atoms with Crippen LogP contribution in [-0.2, 0) is 5.72 Å². The predicted octanol–water partition coefficient (Wildman–Crippen LogP) is 6.76. The molecule has 160 valence electrons. The van der Waals surface area contributed by atoms with Crippen molar-refractivity contribution in [3.8, 4) is 0 Å². The van der Waals surface area contributed by atoms with Gasteiger partial charge in [0.05, 0.1) is 5.54 Å². The summed E-state index contributed by atoms with van der Waals surface area (Å²) >= 11 is 12.2. The van der Waals surface area contributed by atoms with Crippen molar-refractivity contribution in [3.05, 3.63) is 94.0 Å². The lowest BCUT2D eigenvalue weighted by Gasteiger charge is -2.44. The van der Waals surface area contributed by atoms with Crippen LogP contribution < -0.4 is 9.80 Å². The number of aliphatic hydroxyl groups is 1. The zero-order valence-corrected chi connectivity index (χ0v) is 19.2. The molecule has 2 amide bonds. The highest BCUT2D eigenvalue weighted by molar-refractivity contribution is 6.31. The maximum absolute atomic E-state index is 14.0. The van der Waals surface area contributed by atoms with Gasteiger partial charge in [-0.1, -0.05) is 60.0 Å². The summed E-state index contributed by atoms with van der Waals surface area (Å²) in [5.74, 6) is 0. The Labute approximate surface area is 192 Å². The highest BCUT2D eigenvalue weighted by Gasteiger charge is 2.65. The lowest BCUT2D eigenvalue weighted by molar-refractivity contribution is -0.0118. The van der Waals surface area contributed by atoms with Crippen LogP contribution in [0.3, 0.4) is 0 Å². The fourth-order valence-electron chi connectivity index (χ4n) is 4.43. The van der Waals surface area contributed by atoms with E-state index in [9.17, 15) is 9.90 Å². The number of hydrogen-bond donors (Lipinski definition) is 1. The van der Waals surface area contributed by atoms with Crippen LogP contribution in [0.4, 0.5) is 16.2 Å². The number of benzene rings is 3. The van der Waals surface area contributed by atoms with Crippen molar-refractivity contribution in [3.63, 3.8) is 0 Å². The number of amides is 2. The summed E-state index contributed by atoms with van der Waals surface area (Å²) in [6, 6.07) is 21.4. The van der Waals surface area contributed by atoms with E-state index in [4.69, 9.17) is 23.2 Å². The summed E-state index contributed by atoms with van der Waals surface area (Å²) in [5, 5.41) is 13.6. The first-order chi connectivity index (χ1) is 14.7. The largest absolute Gasteiger partial charge is 0.364 e. The molecule has 0 aliphatic carbocycles. The van der Waals surface area contributed by atoms with E-state index < -0.39 is 11.3 Å². The second-order valence-electron chi connectivity index (χ2n) is 8.08. The van der Waals surface area contributed by atoms with Gasteiger partial charge in [-0.05, 0) is 68.8 Å². The van der Waals surface area contributed by atoms with E-state index in [1.54, 1.807) is 53.4 Å². The third-order valence-electron chi connectivity index (χ3n) is 6.23. The normalized spacial score (nSPS) is 23.5. The maximum Gasteiger partial charge on any atom is 0.332 e. The lowest BCUT2D eigenvalue weighted by Crippen LogP contribution is -2.57. The number of hydrogen-bond acceptors (Lipinski definition) is 2. The van der Waals surface area contributed by atoms with Crippen LogP contribution >= 0.6 is 23.2 Å². The molecule has 31 heavy (non-hydrogen) atoms. The Morgan fingerprint density at radius 3 is 1.87 bits per heavy atom. The molecule has 1 aliphatic rings. The molecule has 1 saturated heterocycles.